The number of fused-ring (bicyclic) bond motifs is 1. The number of aryl methyl sites for hydroxylation is 1. The van der Waals surface area contributed by atoms with Crippen LogP contribution in [0.15, 0.2) is 103 Å². The molecule has 0 spiro atoms. The minimum absolute atomic E-state index is 0.0360. The van der Waals surface area contributed by atoms with Crippen molar-refractivity contribution in [3.8, 4) is 0 Å². The highest BCUT2D eigenvalue weighted by Crippen LogP contribution is 2.31. The SMILES string of the molecule is C=C(C(=O)OCC1=CC=CC(CO)(CNCCCCCCOCCCCc2ccccc2)C1)c1ccc2ccccc2c1. The van der Waals surface area contributed by atoms with E-state index in [4.69, 9.17) is 9.47 Å². The van der Waals surface area contributed by atoms with Gasteiger partial charge in [0.1, 0.15) is 6.61 Å². The van der Waals surface area contributed by atoms with Crippen LogP contribution < -0.4 is 5.32 Å². The number of nitrogens with one attached hydrogen (secondary N) is 1. The number of carbonyl (C=O) groups is 1. The third kappa shape index (κ3) is 10.6. The minimum Gasteiger partial charge on any atom is -0.458 e. The second-order valence-corrected chi connectivity index (χ2v) is 11.6. The summed E-state index contributed by atoms with van der Waals surface area (Å²) in [5, 5.41) is 16.0. The first-order valence-corrected chi connectivity index (χ1v) is 15.7. The number of hydrogen-bond acceptors (Lipinski definition) is 5. The first-order valence-electron chi connectivity index (χ1n) is 15.7. The summed E-state index contributed by atoms with van der Waals surface area (Å²) >= 11 is 0. The molecule has 2 N–H and O–H groups in total. The molecule has 228 valence electrons. The van der Waals surface area contributed by atoms with Gasteiger partial charge in [0.2, 0.25) is 0 Å². The number of esters is 1. The van der Waals surface area contributed by atoms with E-state index < -0.39 is 5.97 Å². The molecule has 5 nitrogen and oxygen atoms in total. The summed E-state index contributed by atoms with van der Waals surface area (Å²) in [4.78, 5) is 12.8. The zero-order valence-electron chi connectivity index (χ0n) is 25.4. The summed E-state index contributed by atoms with van der Waals surface area (Å²) in [6.45, 7) is 7.49. The number of benzene rings is 3. The zero-order valence-corrected chi connectivity index (χ0v) is 25.4. The highest BCUT2D eigenvalue weighted by Gasteiger charge is 2.29. The van der Waals surface area contributed by atoms with Gasteiger partial charge in [-0.3, -0.25) is 0 Å². The van der Waals surface area contributed by atoms with Gasteiger partial charge in [-0.1, -0.05) is 104 Å². The highest BCUT2D eigenvalue weighted by molar-refractivity contribution is 6.16. The molecular formula is C38H47NO4. The molecule has 0 aliphatic heterocycles. The lowest BCUT2D eigenvalue weighted by Gasteiger charge is -2.32. The van der Waals surface area contributed by atoms with Crippen molar-refractivity contribution in [3.05, 3.63) is 114 Å². The van der Waals surface area contributed by atoms with Gasteiger partial charge in [0.05, 0.1) is 12.2 Å². The summed E-state index contributed by atoms with van der Waals surface area (Å²) < 4.78 is 11.4. The Morgan fingerprint density at radius 3 is 2.44 bits per heavy atom. The van der Waals surface area contributed by atoms with Gasteiger partial charge in [0, 0.05) is 25.2 Å². The molecule has 0 saturated heterocycles. The lowest BCUT2D eigenvalue weighted by atomic mass is 9.79. The maximum Gasteiger partial charge on any atom is 0.338 e. The second-order valence-electron chi connectivity index (χ2n) is 11.6. The first-order chi connectivity index (χ1) is 21.1. The average molecular weight is 582 g/mol. The van der Waals surface area contributed by atoms with Crippen molar-refractivity contribution in [2.75, 3.05) is 39.5 Å². The number of allylic oxidation sites excluding steroid dienone is 2. The molecule has 3 aromatic rings. The predicted octanol–water partition coefficient (Wildman–Crippen LogP) is 7.45. The van der Waals surface area contributed by atoms with Gasteiger partial charge >= 0.3 is 5.97 Å². The van der Waals surface area contributed by atoms with Crippen LogP contribution >= 0.6 is 0 Å². The van der Waals surface area contributed by atoms with Crippen molar-refractivity contribution in [2.24, 2.45) is 5.41 Å². The van der Waals surface area contributed by atoms with E-state index in [1.807, 2.05) is 54.6 Å². The van der Waals surface area contributed by atoms with Crippen molar-refractivity contribution in [1.82, 2.24) is 5.32 Å². The van der Waals surface area contributed by atoms with E-state index in [0.29, 0.717) is 18.5 Å². The lowest BCUT2D eigenvalue weighted by Crippen LogP contribution is -2.38. The number of unbranched alkanes of at least 4 members (excludes halogenated alkanes) is 4. The molecule has 0 aromatic heterocycles. The van der Waals surface area contributed by atoms with Gasteiger partial charge < -0.3 is 19.9 Å². The van der Waals surface area contributed by atoms with Crippen LogP contribution in [0.3, 0.4) is 0 Å². The molecule has 1 aliphatic carbocycles. The molecule has 43 heavy (non-hydrogen) atoms. The average Bonchev–Trinajstić information content (AvgIpc) is 3.05. The standard InChI is InChI=1S/C38H47NO4/c1-31(35-21-20-34-18-7-8-19-36(34)26-35)37(41)43-28-33-17-13-22-38(27-33,30-40)29-39-23-10-2-3-11-24-42-25-12-9-16-32-14-5-4-6-15-32/h4-8,13-15,17-22,26,39-40H,1-3,9-12,16,23-25,27-30H2. The van der Waals surface area contributed by atoms with Gasteiger partial charge in [-0.25, -0.2) is 4.79 Å². The molecule has 1 unspecified atom stereocenters. The monoisotopic (exact) mass is 581 g/mol. The molecule has 0 heterocycles. The smallest absolute Gasteiger partial charge is 0.338 e. The van der Waals surface area contributed by atoms with E-state index in [0.717, 1.165) is 73.8 Å². The van der Waals surface area contributed by atoms with Gasteiger partial charge in [-0.2, -0.15) is 0 Å². The molecule has 1 aliphatic rings. The van der Waals surface area contributed by atoms with E-state index >= 15 is 0 Å². The molecule has 0 radical (unpaired) electrons. The minimum atomic E-state index is -0.424. The Kier molecular flexibility index (Phi) is 13.2. The zero-order chi connectivity index (χ0) is 30.2. The van der Waals surface area contributed by atoms with Crippen molar-refractivity contribution >= 4 is 22.3 Å². The number of ether oxygens (including phenoxy) is 2. The van der Waals surface area contributed by atoms with Gasteiger partial charge in [-0.15, -0.1) is 0 Å². The summed E-state index contributed by atoms with van der Waals surface area (Å²) in [6, 6.07) is 24.5. The Balaban J connectivity index is 1.05. The number of hydrogen-bond donors (Lipinski definition) is 2. The maximum absolute atomic E-state index is 12.8. The van der Waals surface area contributed by atoms with Crippen molar-refractivity contribution in [1.29, 1.82) is 0 Å². The Morgan fingerprint density at radius 2 is 1.63 bits per heavy atom. The van der Waals surface area contributed by atoms with Crippen molar-refractivity contribution < 1.29 is 19.4 Å². The van der Waals surface area contributed by atoms with E-state index in [2.05, 4.69) is 48.3 Å². The van der Waals surface area contributed by atoms with E-state index in [-0.39, 0.29) is 18.6 Å². The fourth-order valence-electron chi connectivity index (χ4n) is 5.51. The summed E-state index contributed by atoms with van der Waals surface area (Å²) in [5.74, 6) is -0.424. The third-order valence-electron chi connectivity index (χ3n) is 8.12. The molecule has 0 fully saturated rings. The van der Waals surface area contributed by atoms with Crippen LogP contribution in [-0.4, -0.2) is 50.6 Å². The normalized spacial score (nSPS) is 16.3. The largest absolute Gasteiger partial charge is 0.458 e. The van der Waals surface area contributed by atoms with Crippen LogP contribution in [0.5, 0.6) is 0 Å². The van der Waals surface area contributed by atoms with Gasteiger partial charge in [0.15, 0.2) is 0 Å². The molecular weight excluding hydrogens is 534 g/mol. The van der Waals surface area contributed by atoms with Crippen LogP contribution in [0.4, 0.5) is 0 Å². The maximum atomic E-state index is 12.8. The van der Waals surface area contributed by atoms with Crippen molar-refractivity contribution in [2.45, 2.75) is 51.4 Å². The number of aliphatic hydroxyl groups is 1. The third-order valence-corrected chi connectivity index (χ3v) is 8.12. The van der Waals surface area contributed by atoms with Gasteiger partial charge in [-0.05, 0) is 78.6 Å². The second kappa shape index (κ2) is 17.6. The number of aliphatic hydroxyl groups excluding tert-OH is 1. The van der Waals surface area contributed by atoms with Crippen LogP contribution in [0.2, 0.25) is 0 Å². The Hall–Kier alpha value is -3.51. The predicted molar refractivity (Wildman–Crippen MR) is 177 cm³/mol. The molecule has 0 bridgehead atoms. The Morgan fingerprint density at radius 1 is 0.884 bits per heavy atom. The number of rotatable bonds is 19. The lowest BCUT2D eigenvalue weighted by molar-refractivity contribution is -0.135. The molecule has 5 heteroatoms. The Bertz CT molecular complexity index is 1360. The summed E-state index contributed by atoms with van der Waals surface area (Å²) in [5.41, 5.74) is 3.10. The van der Waals surface area contributed by atoms with Crippen molar-refractivity contribution in [3.63, 3.8) is 0 Å². The first kappa shape index (κ1) is 32.4. The summed E-state index contributed by atoms with van der Waals surface area (Å²) in [7, 11) is 0. The molecule has 1 atom stereocenters. The molecule has 0 saturated carbocycles. The van der Waals surface area contributed by atoms with E-state index in [1.165, 1.54) is 18.4 Å². The van der Waals surface area contributed by atoms with Crippen LogP contribution in [0, 0.1) is 5.41 Å². The highest BCUT2D eigenvalue weighted by atomic mass is 16.5. The fourth-order valence-corrected chi connectivity index (χ4v) is 5.51. The van der Waals surface area contributed by atoms with E-state index in [9.17, 15) is 9.90 Å². The topological polar surface area (TPSA) is 67.8 Å². The van der Waals surface area contributed by atoms with Crippen LogP contribution in [-0.2, 0) is 20.7 Å². The molecule has 0 amide bonds. The van der Waals surface area contributed by atoms with Crippen LogP contribution in [0.1, 0.15) is 56.1 Å². The molecule has 3 aromatic carbocycles. The fraction of sp³-hybridized carbons (Fsp3) is 0.395. The van der Waals surface area contributed by atoms with E-state index in [1.54, 1.807) is 0 Å². The molecule has 4 rings (SSSR count). The number of carbonyl (C=O) groups excluding carboxylic acids is 1. The Labute approximate surface area is 257 Å². The van der Waals surface area contributed by atoms with Crippen LogP contribution in [0.25, 0.3) is 16.3 Å². The van der Waals surface area contributed by atoms with Gasteiger partial charge in [0.25, 0.3) is 0 Å². The quantitative estimate of drug-likeness (QED) is 0.0874. The summed E-state index contributed by atoms with van der Waals surface area (Å²) in [6.07, 6.45) is 14.6.